The molecule has 0 bridgehead atoms. The van der Waals surface area contributed by atoms with Crippen molar-refractivity contribution in [2.45, 2.75) is 0 Å². The minimum atomic E-state index is -1.11. The molecule has 2 aromatic carbocycles. The molecule has 6 nitrogen and oxygen atoms in total. The van der Waals surface area contributed by atoms with Crippen molar-refractivity contribution in [3.8, 4) is 5.75 Å². The first-order valence-electron chi connectivity index (χ1n) is 8.11. The summed E-state index contributed by atoms with van der Waals surface area (Å²) in [5.74, 6) is -1.58. The van der Waals surface area contributed by atoms with Gasteiger partial charge in [-0.15, -0.1) is 0 Å². The number of hydrogen-bond donors (Lipinski definition) is 1. The monoisotopic (exact) mass is 404 g/mol. The minimum absolute atomic E-state index is 0.199. The van der Waals surface area contributed by atoms with Crippen LogP contribution in [0.4, 0.5) is 5.69 Å². The molecule has 1 heterocycles. The molecule has 0 radical (unpaired) electrons. The van der Waals surface area contributed by atoms with E-state index in [0.29, 0.717) is 27.8 Å². The molecule has 0 fully saturated rings. The summed E-state index contributed by atoms with van der Waals surface area (Å²) in [6.45, 7) is -0.207. The highest BCUT2D eigenvalue weighted by molar-refractivity contribution is 6.36. The van der Waals surface area contributed by atoms with Crippen LogP contribution in [0.1, 0.15) is 10.4 Å². The maximum absolute atomic E-state index is 13.0. The van der Waals surface area contributed by atoms with Gasteiger partial charge in [-0.3, -0.25) is 9.80 Å². The van der Waals surface area contributed by atoms with Gasteiger partial charge >= 0.3 is 5.97 Å². The number of rotatable bonds is 6. The lowest BCUT2D eigenvalue weighted by Gasteiger charge is -2.18. The third-order valence-electron chi connectivity index (χ3n) is 4.03. The number of hydrazone groups is 1. The molecule has 0 aliphatic carbocycles. The fourth-order valence-electron chi connectivity index (χ4n) is 2.74. The fraction of sp³-hybridized carbons (Fsp3) is 0.167. The van der Waals surface area contributed by atoms with Crippen LogP contribution in [0, 0.1) is 5.92 Å². The molecule has 1 unspecified atom stereocenters. The summed E-state index contributed by atoms with van der Waals surface area (Å²) in [6, 6.07) is 10.1. The summed E-state index contributed by atoms with van der Waals surface area (Å²) >= 11 is 12.1. The normalized spacial score (nSPS) is 15.8. The number of carbonyl (C=O) groups is 2. The molecule has 0 amide bonds. The van der Waals surface area contributed by atoms with Crippen LogP contribution in [0.5, 0.6) is 5.75 Å². The van der Waals surface area contributed by atoms with Gasteiger partial charge in [-0.1, -0.05) is 40.8 Å². The Morgan fingerprint density at radius 2 is 2.04 bits per heavy atom. The lowest BCUT2D eigenvalue weighted by atomic mass is 9.90. The molecular formula is C18H15BCl2N2O4. The molecule has 138 valence electrons. The number of carboxylic acid groups (broad SMARTS) is 1. The lowest BCUT2D eigenvalue weighted by Crippen LogP contribution is -2.25. The van der Waals surface area contributed by atoms with Gasteiger partial charge in [-0.2, -0.15) is 5.10 Å². The number of ketones is 1. The molecule has 3 rings (SSSR count). The highest BCUT2D eigenvalue weighted by Crippen LogP contribution is 2.32. The summed E-state index contributed by atoms with van der Waals surface area (Å²) in [6.07, 6.45) is 1.55. The molecule has 1 aliphatic rings. The molecule has 0 saturated carbocycles. The minimum Gasteiger partial charge on any atom is -0.481 e. The van der Waals surface area contributed by atoms with Crippen LogP contribution >= 0.6 is 23.2 Å². The van der Waals surface area contributed by atoms with Crippen LogP contribution in [-0.4, -0.2) is 44.1 Å². The molecular weight excluding hydrogens is 390 g/mol. The van der Waals surface area contributed by atoms with Crippen LogP contribution < -0.4 is 15.2 Å². The highest BCUT2D eigenvalue weighted by atomic mass is 35.5. The van der Waals surface area contributed by atoms with Crippen LogP contribution in [0.15, 0.2) is 41.5 Å². The van der Waals surface area contributed by atoms with Crippen molar-refractivity contribution < 1.29 is 19.4 Å². The second-order valence-electron chi connectivity index (χ2n) is 6.10. The summed E-state index contributed by atoms with van der Waals surface area (Å²) in [7, 11) is 1.85. The zero-order chi connectivity index (χ0) is 19.6. The Hall–Kier alpha value is -2.51. The van der Waals surface area contributed by atoms with Crippen molar-refractivity contribution in [3.63, 3.8) is 0 Å². The van der Waals surface area contributed by atoms with E-state index in [1.807, 2.05) is 7.85 Å². The van der Waals surface area contributed by atoms with E-state index in [-0.39, 0.29) is 11.5 Å². The van der Waals surface area contributed by atoms with Gasteiger partial charge in [0.15, 0.2) is 12.4 Å². The van der Waals surface area contributed by atoms with Gasteiger partial charge in [0.2, 0.25) is 0 Å². The first kappa shape index (κ1) is 19.3. The van der Waals surface area contributed by atoms with Crippen LogP contribution in [0.3, 0.4) is 0 Å². The number of Topliss-reactive ketones (excluding diaryl/α,β-unsaturated/α-hetero) is 1. The molecule has 0 aromatic heterocycles. The van der Waals surface area contributed by atoms with Crippen molar-refractivity contribution in [1.82, 2.24) is 0 Å². The van der Waals surface area contributed by atoms with Crippen molar-refractivity contribution in [3.05, 3.63) is 52.0 Å². The van der Waals surface area contributed by atoms with Gasteiger partial charge in [0.25, 0.3) is 0 Å². The number of carboxylic acids is 1. The maximum atomic E-state index is 13.0. The summed E-state index contributed by atoms with van der Waals surface area (Å²) in [5.41, 5.74) is 1.85. The number of nitrogens with zero attached hydrogens (tertiary/aromatic N) is 2. The zero-order valence-electron chi connectivity index (χ0n) is 14.4. The molecule has 2 aromatic rings. The molecule has 1 aliphatic heterocycles. The van der Waals surface area contributed by atoms with E-state index in [9.17, 15) is 9.59 Å². The molecule has 1 N–H and O–H groups in total. The number of ether oxygens (including phenoxy) is 1. The quantitative estimate of drug-likeness (QED) is 0.588. The molecule has 0 spiro atoms. The van der Waals surface area contributed by atoms with E-state index >= 15 is 0 Å². The van der Waals surface area contributed by atoms with Crippen LogP contribution in [0.2, 0.25) is 10.0 Å². The average molecular weight is 405 g/mol. The Balaban J connectivity index is 1.80. The second-order valence-corrected chi connectivity index (χ2v) is 6.94. The third-order valence-corrected chi connectivity index (χ3v) is 4.57. The Kier molecular flexibility index (Phi) is 5.72. The third kappa shape index (κ3) is 4.43. The van der Waals surface area contributed by atoms with Gasteiger partial charge in [-0.05, 0) is 24.3 Å². The van der Waals surface area contributed by atoms with E-state index in [0.717, 1.165) is 5.46 Å². The average Bonchev–Trinajstić information content (AvgIpc) is 3.09. The summed E-state index contributed by atoms with van der Waals surface area (Å²) < 4.78 is 5.26. The van der Waals surface area contributed by atoms with Gasteiger partial charge in [0.1, 0.15) is 13.6 Å². The maximum Gasteiger partial charge on any atom is 0.341 e. The van der Waals surface area contributed by atoms with Crippen molar-refractivity contribution >= 4 is 60.2 Å². The highest BCUT2D eigenvalue weighted by Gasteiger charge is 2.29. The van der Waals surface area contributed by atoms with Gasteiger partial charge < -0.3 is 9.84 Å². The number of anilines is 1. The van der Waals surface area contributed by atoms with Gasteiger partial charge in [0, 0.05) is 11.2 Å². The Morgan fingerprint density at radius 3 is 2.74 bits per heavy atom. The van der Waals surface area contributed by atoms with Crippen molar-refractivity contribution in [1.29, 1.82) is 0 Å². The first-order chi connectivity index (χ1) is 12.8. The van der Waals surface area contributed by atoms with E-state index in [1.54, 1.807) is 47.6 Å². The summed E-state index contributed by atoms with van der Waals surface area (Å²) in [5, 5.41) is 15.7. The Bertz CT molecular complexity index is 936. The Morgan fingerprint density at radius 1 is 1.26 bits per heavy atom. The molecule has 27 heavy (non-hydrogen) atoms. The number of hydrogen-bond acceptors (Lipinski definition) is 5. The predicted molar refractivity (Wildman–Crippen MR) is 108 cm³/mol. The Labute approximate surface area is 166 Å². The number of carbonyl (C=O) groups excluding carboxylic acids is 1. The van der Waals surface area contributed by atoms with Crippen LogP contribution in [-0.2, 0) is 4.79 Å². The topological polar surface area (TPSA) is 79.2 Å². The molecule has 1 atom stereocenters. The van der Waals surface area contributed by atoms with E-state index in [4.69, 9.17) is 33.0 Å². The van der Waals surface area contributed by atoms with Gasteiger partial charge in [0.05, 0.1) is 28.7 Å². The van der Waals surface area contributed by atoms with Crippen molar-refractivity contribution in [2.75, 3.05) is 18.2 Å². The van der Waals surface area contributed by atoms with Crippen LogP contribution in [0.25, 0.3) is 0 Å². The summed E-state index contributed by atoms with van der Waals surface area (Å²) in [4.78, 5) is 23.8. The molecule has 9 heteroatoms. The standard InChI is InChI=1S/C18H15BCl2N2O4/c19-11-1-4-16(27-9-17(24)25)13(5-11)18(26)10-7-22-23(8-10)15-3-2-12(20)6-14(15)21/h1-7,10H,8-9,19H2,(H,24,25). The smallest absolute Gasteiger partial charge is 0.341 e. The SMILES string of the molecule is Bc1ccc(OCC(=O)O)c(C(=O)C2C=NN(c3ccc(Cl)cc3Cl)C2)c1. The van der Waals surface area contributed by atoms with Gasteiger partial charge in [-0.25, -0.2) is 4.79 Å². The number of halogens is 2. The largest absolute Gasteiger partial charge is 0.481 e. The van der Waals surface area contributed by atoms with Crippen molar-refractivity contribution in [2.24, 2.45) is 11.0 Å². The first-order valence-corrected chi connectivity index (χ1v) is 8.87. The molecule has 0 saturated heterocycles. The van der Waals surface area contributed by atoms with E-state index in [1.165, 1.54) is 0 Å². The van der Waals surface area contributed by atoms with E-state index in [2.05, 4.69) is 5.10 Å². The van der Waals surface area contributed by atoms with E-state index < -0.39 is 18.5 Å². The predicted octanol–water partition coefficient (Wildman–Crippen LogP) is 2.02. The second kappa shape index (κ2) is 8.02. The lowest BCUT2D eigenvalue weighted by molar-refractivity contribution is -0.139. The number of benzene rings is 2. The zero-order valence-corrected chi connectivity index (χ0v) is 15.9. The number of aliphatic carboxylic acids is 1. The fourth-order valence-corrected chi connectivity index (χ4v) is 3.25.